The SMILES string of the molecule is CCC(C)C(=O)NCC[N+]1(CCCS(=O)(=O)OC)CCOCC1. The number of nitrogens with one attached hydrogen (secondary N) is 1. The maximum absolute atomic E-state index is 11.9. The minimum Gasteiger partial charge on any atom is -0.370 e. The van der Waals surface area contributed by atoms with Crippen LogP contribution in [0.5, 0.6) is 0 Å². The quantitative estimate of drug-likeness (QED) is 0.454. The van der Waals surface area contributed by atoms with Gasteiger partial charge in [-0.25, -0.2) is 0 Å². The number of carbonyl (C=O) groups is 1. The molecule has 0 saturated carbocycles. The molecule has 0 aliphatic carbocycles. The molecule has 1 atom stereocenters. The Kier molecular flexibility index (Phi) is 8.46. The summed E-state index contributed by atoms with van der Waals surface area (Å²) in [5.41, 5.74) is 0. The number of nitrogens with zero attached hydrogens (tertiary/aromatic N) is 1. The topological polar surface area (TPSA) is 81.7 Å². The van der Waals surface area contributed by atoms with Crippen LogP contribution in [0, 0.1) is 5.92 Å². The molecule has 1 N–H and O–H groups in total. The number of morpholine rings is 1. The van der Waals surface area contributed by atoms with Gasteiger partial charge < -0.3 is 14.5 Å². The predicted molar refractivity (Wildman–Crippen MR) is 88.4 cm³/mol. The zero-order chi connectivity index (χ0) is 17.3. The van der Waals surface area contributed by atoms with Gasteiger partial charge in [0.25, 0.3) is 10.1 Å². The van der Waals surface area contributed by atoms with Crippen LogP contribution in [0.15, 0.2) is 0 Å². The minimum atomic E-state index is -3.41. The van der Waals surface area contributed by atoms with E-state index in [2.05, 4.69) is 9.50 Å². The van der Waals surface area contributed by atoms with Crippen molar-refractivity contribution < 1.29 is 26.6 Å². The lowest BCUT2D eigenvalue weighted by molar-refractivity contribution is -0.934. The Morgan fingerprint density at radius 1 is 1.30 bits per heavy atom. The zero-order valence-corrected chi connectivity index (χ0v) is 15.4. The smallest absolute Gasteiger partial charge is 0.267 e. The normalized spacial score (nSPS) is 19.3. The van der Waals surface area contributed by atoms with Gasteiger partial charge in [0.15, 0.2) is 0 Å². The van der Waals surface area contributed by atoms with E-state index in [4.69, 9.17) is 4.74 Å². The molecule has 0 aromatic carbocycles. The highest BCUT2D eigenvalue weighted by Crippen LogP contribution is 2.13. The molecular weight excluding hydrogens is 320 g/mol. The van der Waals surface area contributed by atoms with Crippen molar-refractivity contribution in [1.82, 2.24) is 5.32 Å². The molecule has 1 saturated heterocycles. The molecule has 23 heavy (non-hydrogen) atoms. The summed E-state index contributed by atoms with van der Waals surface area (Å²) in [6, 6.07) is 0. The van der Waals surface area contributed by atoms with Gasteiger partial charge in [0.05, 0.1) is 45.7 Å². The highest BCUT2D eigenvalue weighted by Gasteiger charge is 2.30. The summed E-state index contributed by atoms with van der Waals surface area (Å²) >= 11 is 0. The standard InChI is InChI=1S/C15H30N2O5S/c1-4-14(2)15(18)16-6-8-17(9-11-22-12-10-17)7-5-13-23(19,20)21-3/h14H,4-13H2,1-3H3/p+1. The number of rotatable bonds is 10. The van der Waals surface area contributed by atoms with Gasteiger partial charge in [-0.15, -0.1) is 0 Å². The van der Waals surface area contributed by atoms with Gasteiger partial charge in [-0.2, -0.15) is 8.42 Å². The van der Waals surface area contributed by atoms with E-state index in [1.807, 2.05) is 13.8 Å². The van der Waals surface area contributed by atoms with Gasteiger partial charge in [0, 0.05) is 12.3 Å². The molecule has 1 rings (SSSR count). The molecule has 1 fully saturated rings. The van der Waals surface area contributed by atoms with Crippen molar-refractivity contribution in [3.8, 4) is 0 Å². The van der Waals surface area contributed by atoms with E-state index in [0.717, 1.165) is 37.1 Å². The lowest BCUT2D eigenvalue weighted by atomic mass is 10.1. The summed E-state index contributed by atoms with van der Waals surface area (Å²) in [5, 5.41) is 2.98. The predicted octanol–water partition coefficient (Wildman–Crippen LogP) is 0.362. The largest absolute Gasteiger partial charge is 0.370 e. The fourth-order valence-electron chi connectivity index (χ4n) is 2.73. The number of amides is 1. The van der Waals surface area contributed by atoms with Gasteiger partial charge in [-0.3, -0.25) is 8.98 Å². The average Bonchev–Trinajstić information content (AvgIpc) is 2.54. The first-order valence-corrected chi connectivity index (χ1v) is 9.91. The zero-order valence-electron chi connectivity index (χ0n) is 14.5. The van der Waals surface area contributed by atoms with Gasteiger partial charge in [-0.05, 0) is 6.42 Å². The van der Waals surface area contributed by atoms with Crippen molar-refractivity contribution >= 4 is 16.0 Å². The summed E-state index contributed by atoms with van der Waals surface area (Å²) in [7, 11) is -2.21. The van der Waals surface area contributed by atoms with Crippen molar-refractivity contribution in [1.29, 1.82) is 0 Å². The summed E-state index contributed by atoms with van der Waals surface area (Å²) in [6.45, 7) is 9.15. The Balaban J connectivity index is 2.49. The van der Waals surface area contributed by atoms with E-state index in [9.17, 15) is 13.2 Å². The first-order valence-electron chi connectivity index (χ1n) is 8.33. The van der Waals surface area contributed by atoms with Crippen LogP contribution >= 0.6 is 0 Å². The van der Waals surface area contributed by atoms with E-state index in [-0.39, 0.29) is 17.6 Å². The molecule has 0 radical (unpaired) electrons. The Morgan fingerprint density at radius 2 is 1.96 bits per heavy atom. The third-order valence-electron chi connectivity index (χ3n) is 4.65. The molecule has 0 aromatic rings. The summed E-state index contributed by atoms with van der Waals surface area (Å²) in [5.74, 6) is 0.143. The summed E-state index contributed by atoms with van der Waals surface area (Å²) in [4.78, 5) is 11.9. The van der Waals surface area contributed by atoms with Gasteiger partial charge in [0.2, 0.25) is 5.91 Å². The molecular formula is C15H31N2O5S+. The van der Waals surface area contributed by atoms with Crippen molar-refractivity contribution in [2.75, 3.05) is 58.8 Å². The highest BCUT2D eigenvalue weighted by molar-refractivity contribution is 7.86. The minimum absolute atomic E-state index is 0.0278. The molecule has 1 unspecified atom stereocenters. The molecule has 136 valence electrons. The number of carbonyl (C=O) groups excluding carboxylic acids is 1. The van der Waals surface area contributed by atoms with Crippen LogP contribution in [-0.4, -0.2) is 77.6 Å². The van der Waals surface area contributed by atoms with Crippen LogP contribution in [0.3, 0.4) is 0 Å². The Hall–Kier alpha value is -0.700. The number of hydrogen-bond acceptors (Lipinski definition) is 5. The van der Waals surface area contributed by atoms with E-state index in [1.54, 1.807) is 0 Å². The summed E-state index contributed by atoms with van der Waals surface area (Å²) < 4.78 is 33.6. The lowest BCUT2D eigenvalue weighted by Gasteiger charge is -2.41. The molecule has 0 aromatic heterocycles. The number of ether oxygens (including phenoxy) is 1. The van der Waals surface area contributed by atoms with Crippen LogP contribution in [0.1, 0.15) is 26.7 Å². The second kappa shape index (κ2) is 9.56. The monoisotopic (exact) mass is 351 g/mol. The maximum Gasteiger partial charge on any atom is 0.267 e. The van der Waals surface area contributed by atoms with Crippen molar-refractivity contribution in [2.45, 2.75) is 26.7 Å². The van der Waals surface area contributed by atoms with Crippen LogP contribution < -0.4 is 5.32 Å². The van der Waals surface area contributed by atoms with Crippen LogP contribution in [0.4, 0.5) is 0 Å². The van der Waals surface area contributed by atoms with E-state index >= 15 is 0 Å². The Morgan fingerprint density at radius 3 is 2.52 bits per heavy atom. The molecule has 8 heteroatoms. The Labute approximate surface area is 140 Å². The fraction of sp³-hybridized carbons (Fsp3) is 0.933. The Bertz CT molecular complexity index is 460. The first kappa shape index (κ1) is 20.3. The lowest BCUT2D eigenvalue weighted by Crippen LogP contribution is -2.58. The fourth-order valence-corrected chi connectivity index (χ4v) is 3.37. The van der Waals surface area contributed by atoms with E-state index < -0.39 is 10.1 Å². The number of hydrogen-bond donors (Lipinski definition) is 1. The maximum atomic E-state index is 11.9. The third kappa shape index (κ3) is 7.15. The van der Waals surface area contributed by atoms with Crippen LogP contribution in [0.25, 0.3) is 0 Å². The second-order valence-electron chi connectivity index (χ2n) is 6.23. The highest BCUT2D eigenvalue weighted by atomic mass is 32.2. The van der Waals surface area contributed by atoms with Crippen molar-refractivity contribution in [3.63, 3.8) is 0 Å². The van der Waals surface area contributed by atoms with E-state index in [1.165, 1.54) is 7.11 Å². The molecule has 1 amide bonds. The van der Waals surface area contributed by atoms with Gasteiger partial charge in [0.1, 0.15) is 13.1 Å². The molecule has 1 heterocycles. The van der Waals surface area contributed by atoms with Crippen molar-refractivity contribution in [3.05, 3.63) is 0 Å². The van der Waals surface area contributed by atoms with E-state index in [0.29, 0.717) is 26.2 Å². The summed E-state index contributed by atoms with van der Waals surface area (Å²) in [6.07, 6.45) is 1.38. The molecule has 1 aliphatic rings. The number of quaternary nitrogens is 1. The van der Waals surface area contributed by atoms with Crippen LogP contribution in [-0.2, 0) is 23.8 Å². The molecule has 0 spiro atoms. The average molecular weight is 351 g/mol. The molecule has 7 nitrogen and oxygen atoms in total. The molecule has 1 aliphatic heterocycles. The molecule has 0 bridgehead atoms. The second-order valence-corrected chi connectivity index (χ2v) is 8.09. The third-order valence-corrected chi connectivity index (χ3v) is 5.94. The van der Waals surface area contributed by atoms with Crippen LogP contribution in [0.2, 0.25) is 0 Å². The first-order chi connectivity index (χ1) is 10.8. The van der Waals surface area contributed by atoms with Gasteiger partial charge >= 0.3 is 0 Å². The van der Waals surface area contributed by atoms with Crippen molar-refractivity contribution in [2.24, 2.45) is 5.92 Å². The van der Waals surface area contributed by atoms with Gasteiger partial charge in [-0.1, -0.05) is 13.8 Å².